The van der Waals surface area contributed by atoms with E-state index in [-0.39, 0.29) is 5.97 Å². The first-order valence-corrected chi connectivity index (χ1v) is 9.22. The van der Waals surface area contributed by atoms with Crippen LogP contribution in [0.4, 0.5) is 0 Å². The van der Waals surface area contributed by atoms with Crippen LogP contribution < -0.4 is 0 Å². The largest absolute Gasteiger partial charge is 0.462 e. The van der Waals surface area contributed by atoms with E-state index in [9.17, 15) is 4.79 Å². The fraction of sp³-hybridized carbons (Fsp3) is 0.316. The van der Waals surface area contributed by atoms with E-state index in [1.165, 1.54) is 16.9 Å². The van der Waals surface area contributed by atoms with Crippen LogP contribution >= 0.6 is 11.3 Å². The maximum absolute atomic E-state index is 12.2. The molecule has 6 heteroatoms. The Bertz CT molecular complexity index is 839. The lowest BCUT2D eigenvalue weighted by molar-refractivity contribution is 0.0505. The quantitative estimate of drug-likeness (QED) is 0.504. The second-order valence-corrected chi connectivity index (χ2v) is 6.93. The molecule has 130 valence electrons. The third kappa shape index (κ3) is 4.33. The third-order valence-electron chi connectivity index (χ3n) is 3.80. The average Bonchev–Trinajstić information content (AvgIpc) is 3.22. The van der Waals surface area contributed by atoms with E-state index in [2.05, 4.69) is 34.2 Å². The van der Waals surface area contributed by atoms with Crippen LogP contribution in [-0.2, 0) is 11.2 Å². The summed E-state index contributed by atoms with van der Waals surface area (Å²) in [6, 6.07) is 12.1. The Hall–Kier alpha value is -2.47. The monoisotopic (exact) mass is 355 g/mol. The molecule has 1 aromatic carbocycles. The number of rotatable bonds is 7. The summed E-state index contributed by atoms with van der Waals surface area (Å²) in [7, 11) is 0. The number of benzene rings is 1. The van der Waals surface area contributed by atoms with Gasteiger partial charge in [-0.05, 0) is 30.5 Å². The number of unbranched alkanes of at least 4 members (excludes halogenated alkanes) is 1. The Morgan fingerprint density at radius 3 is 2.84 bits per heavy atom. The van der Waals surface area contributed by atoms with Crippen LogP contribution in [0.2, 0.25) is 0 Å². The number of H-pyrrole nitrogens is 1. The van der Waals surface area contributed by atoms with Gasteiger partial charge in [0.15, 0.2) is 5.82 Å². The summed E-state index contributed by atoms with van der Waals surface area (Å²) < 4.78 is 5.31. The van der Waals surface area contributed by atoms with Gasteiger partial charge < -0.3 is 4.74 Å². The molecule has 25 heavy (non-hydrogen) atoms. The number of esters is 1. The fourth-order valence-corrected chi connectivity index (χ4v) is 3.44. The lowest BCUT2D eigenvalue weighted by atomic mass is 10.1. The molecule has 3 rings (SSSR count). The van der Waals surface area contributed by atoms with Gasteiger partial charge in [-0.2, -0.15) is 5.10 Å². The van der Waals surface area contributed by atoms with Crippen molar-refractivity contribution in [3.63, 3.8) is 0 Å². The zero-order valence-corrected chi connectivity index (χ0v) is 15.2. The van der Waals surface area contributed by atoms with E-state index in [0.29, 0.717) is 23.7 Å². The molecular formula is C19H21N3O2S. The molecule has 1 N–H and O–H groups in total. The van der Waals surface area contributed by atoms with Gasteiger partial charge in [0.2, 0.25) is 0 Å². The fourth-order valence-electron chi connectivity index (χ4n) is 2.44. The maximum atomic E-state index is 12.2. The highest BCUT2D eigenvalue weighted by molar-refractivity contribution is 7.17. The molecular weight excluding hydrogens is 334 g/mol. The molecule has 0 atom stereocenters. The Labute approximate surface area is 151 Å². The average molecular weight is 355 g/mol. The number of nitrogens with one attached hydrogen (secondary N) is 1. The number of aromatic nitrogens is 3. The highest BCUT2D eigenvalue weighted by Crippen LogP contribution is 2.29. The van der Waals surface area contributed by atoms with Crippen molar-refractivity contribution in [1.82, 2.24) is 15.2 Å². The standard InChI is InChI=1S/C19H21N3O2S/c1-3-4-10-24-19(23)17-13(2)11-15(25-17)18-20-16(21-22-18)12-14-8-6-5-7-9-14/h5-9,11H,3-4,10,12H2,1-2H3,(H,20,21,22). The van der Waals surface area contributed by atoms with Gasteiger partial charge in [0, 0.05) is 6.42 Å². The molecule has 0 bridgehead atoms. The Morgan fingerprint density at radius 1 is 1.28 bits per heavy atom. The molecule has 0 aliphatic heterocycles. The molecule has 0 aliphatic rings. The molecule has 0 amide bonds. The minimum atomic E-state index is -0.262. The molecule has 2 heterocycles. The summed E-state index contributed by atoms with van der Waals surface area (Å²) in [5, 5.41) is 7.28. The number of aromatic amines is 1. The van der Waals surface area contributed by atoms with Gasteiger partial charge in [0.1, 0.15) is 10.7 Å². The SMILES string of the molecule is CCCCOC(=O)c1sc(-c2n[nH]c(Cc3ccccc3)n2)cc1C. The van der Waals surface area contributed by atoms with Gasteiger partial charge in [0.25, 0.3) is 0 Å². The van der Waals surface area contributed by atoms with E-state index in [1.54, 1.807) is 0 Å². The van der Waals surface area contributed by atoms with Crippen LogP contribution in [0.3, 0.4) is 0 Å². The molecule has 0 saturated carbocycles. The van der Waals surface area contributed by atoms with Crippen LogP contribution in [0.15, 0.2) is 36.4 Å². The van der Waals surface area contributed by atoms with Crippen molar-refractivity contribution in [2.75, 3.05) is 6.61 Å². The molecule has 0 radical (unpaired) electrons. The predicted octanol–water partition coefficient (Wildman–Crippen LogP) is 4.39. The summed E-state index contributed by atoms with van der Waals surface area (Å²) in [6.45, 7) is 4.44. The lowest BCUT2D eigenvalue weighted by Crippen LogP contribution is -2.05. The van der Waals surface area contributed by atoms with Crippen molar-refractivity contribution in [3.8, 4) is 10.7 Å². The van der Waals surface area contributed by atoms with Crippen molar-refractivity contribution >= 4 is 17.3 Å². The lowest BCUT2D eigenvalue weighted by Gasteiger charge is -2.02. The summed E-state index contributed by atoms with van der Waals surface area (Å²) in [6.07, 6.45) is 2.58. The van der Waals surface area contributed by atoms with Gasteiger partial charge >= 0.3 is 5.97 Å². The van der Waals surface area contributed by atoms with Crippen molar-refractivity contribution in [2.45, 2.75) is 33.1 Å². The topological polar surface area (TPSA) is 67.9 Å². The summed E-state index contributed by atoms with van der Waals surface area (Å²) >= 11 is 1.38. The van der Waals surface area contributed by atoms with Crippen LogP contribution in [0.5, 0.6) is 0 Å². The molecule has 0 fully saturated rings. The number of carbonyl (C=O) groups excluding carboxylic acids is 1. The van der Waals surface area contributed by atoms with E-state index in [1.807, 2.05) is 31.2 Å². The van der Waals surface area contributed by atoms with Crippen molar-refractivity contribution in [3.05, 3.63) is 58.2 Å². The molecule has 5 nitrogen and oxygen atoms in total. The zero-order chi connectivity index (χ0) is 17.6. The summed E-state index contributed by atoms with van der Waals surface area (Å²) in [4.78, 5) is 18.2. The second kappa shape index (κ2) is 8.07. The Balaban J connectivity index is 1.72. The van der Waals surface area contributed by atoms with Gasteiger partial charge in [-0.3, -0.25) is 5.10 Å². The zero-order valence-electron chi connectivity index (χ0n) is 14.4. The first kappa shape index (κ1) is 17.4. The van der Waals surface area contributed by atoms with Crippen molar-refractivity contribution in [1.29, 1.82) is 0 Å². The van der Waals surface area contributed by atoms with Crippen molar-refractivity contribution in [2.24, 2.45) is 0 Å². The predicted molar refractivity (Wildman–Crippen MR) is 98.9 cm³/mol. The summed E-state index contributed by atoms with van der Waals surface area (Å²) in [5.41, 5.74) is 2.07. The third-order valence-corrected chi connectivity index (χ3v) is 5.01. The number of ether oxygens (including phenoxy) is 1. The van der Waals surface area contributed by atoms with E-state index in [4.69, 9.17) is 4.74 Å². The number of thiophene rings is 1. The molecule has 2 aromatic heterocycles. The summed E-state index contributed by atoms with van der Waals surface area (Å²) in [5.74, 6) is 1.16. The highest BCUT2D eigenvalue weighted by atomic mass is 32.1. The van der Waals surface area contributed by atoms with Crippen molar-refractivity contribution < 1.29 is 9.53 Å². The van der Waals surface area contributed by atoms with Gasteiger partial charge in [0.05, 0.1) is 11.5 Å². The smallest absolute Gasteiger partial charge is 0.348 e. The van der Waals surface area contributed by atoms with E-state index >= 15 is 0 Å². The second-order valence-electron chi connectivity index (χ2n) is 5.88. The van der Waals surface area contributed by atoms with Crippen LogP contribution in [-0.4, -0.2) is 27.8 Å². The molecule has 0 unspecified atom stereocenters. The van der Waals surface area contributed by atoms with E-state index < -0.39 is 0 Å². The first-order chi connectivity index (χ1) is 12.2. The van der Waals surface area contributed by atoms with Crippen LogP contribution in [0.1, 0.15) is 46.4 Å². The van der Waals surface area contributed by atoms with E-state index in [0.717, 1.165) is 29.1 Å². The molecule has 0 aliphatic carbocycles. The minimum Gasteiger partial charge on any atom is -0.462 e. The van der Waals surface area contributed by atoms with Gasteiger partial charge in [-0.15, -0.1) is 11.3 Å². The van der Waals surface area contributed by atoms with Gasteiger partial charge in [-0.25, -0.2) is 9.78 Å². The van der Waals surface area contributed by atoms with Crippen LogP contribution in [0, 0.1) is 6.92 Å². The number of carbonyl (C=O) groups is 1. The number of aryl methyl sites for hydroxylation is 1. The first-order valence-electron chi connectivity index (χ1n) is 8.40. The molecule has 0 saturated heterocycles. The normalized spacial score (nSPS) is 10.8. The maximum Gasteiger partial charge on any atom is 0.348 e. The molecule has 0 spiro atoms. The minimum absolute atomic E-state index is 0.262. The number of hydrogen-bond donors (Lipinski definition) is 1. The highest BCUT2D eigenvalue weighted by Gasteiger charge is 2.18. The number of hydrogen-bond acceptors (Lipinski definition) is 5. The Morgan fingerprint density at radius 2 is 2.08 bits per heavy atom. The molecule has 3 aromatic rings. The van der Waals surface area contributed by atoms with Gasteiger partial charge in [-0.1, -0.05) is 43.7 Å². The van der Waals surface area contributed by atoms with Crippen LogP contribution in [0.25, 0.3) is 10.7 Å². The number of nitrogens with zero attached hydrogens (tertiary/aromatic N) is 2. The Kier molecular flexibility index (Phi) is 5.60.